The van der Waals surface area contributed by atoms with Crippen LogP contribution in [-0.4, -0.2) is 17.4 Å². The molecule has 2 aromatic rings. The van der Waals surface area contributed by atoms with Crippen molar-refractivity contribution in [2.75, 3.05) is 6.54 Å². The Morgan fingerprint density at radius 1 is 0.960 bits per heavy atom. The van der Waals surface area contributed by atoms with E-state index in [4.69, 9.17) is 5.73 Å². The Labute approximate surface area is 148 Å². The number of benzene rings is 2. The van der Waals surface area contributed by atoms with E-state index >= 15 is 0 Å². The fourth-order valence-corrected chi connectivity index (χ4v) is 3.30. The van der Waals surface area contributed by atoms with Crippen molar-refractivity contribution >= 4 is 5.91 Å². The van der Waals surface area contributed by atoms with Gasteiger partial charge in [-0.3, -0.25) is 4.79 Å². The molecule has 0 radical (unpaired) electrons. The van der Waals surface area contributed by atoms with Crippen molar-refractivity contribution in [3.8, 4) is 0 Å². The molecule has 1 aliphatic heterocycles. The monoisotopic (exact) mass is 330 g/mol. The van der Waals surface area contributed by atoms with Gasteiger partial charge in [0.25, 0.3) is 0 Å². The number of hydrogen-bond donors (Lipinski definition) is 1. The highest BCUT2D eigenvalue weighted by Crippen LogP contribution is 2.40. The molecule has 1 amide bonds. The summed E-state index contributed by atoms with van der Waals surface area (Å²) in [5.41, 5.74) is 7.58. The van der Waals surface area contributed by atoms with Crippen molar-refractivity contribution in [3.63, 3.8) is 0 Å². The van der Waals surface area contributed by atoms with Gasteiger partial charge in [-0.2, -0.15) is 0 Å². The molecule has 3 nitrogen and oxygen atoms in total. The second-order valence-corrected chi connectivity index (χ2v) is 5.96. The summed E-state index contributed by atoms with van der Waals surface area (Å²) < 4.78 is 0. The lowest BCUT2D eigenvalue weighted by Gasteiger charge is -2.33. The highest BCUT2D eigenvalue weighted by atomic mass is 16.1. The number of nitrogens with two attached hydrogens (primary N) is 1. The topological polar surface area (TPSA) is 46.3 Å². The zero-order valence-electron chi connectivity index (χ0n) is 14.3. The van der Waals surface area contributed by atoms with Crippen LogP contribution >= 0.6 is 0 Å². The molecular formula is C22H22N2O. The van der Waals surface area contributed by atoms with Crippen molar-refractivity contribution < 1.29 is 4.79 Å². The largest absolute Gasteiger partial charge is 0.368 e. The lowest BCUT2D eigenvalue weighted by molar-refractivity contribution is -0.121. The average Bonchev–Trinajstić information content (AvgIpc) is 2.90. The summed E-state index contributed by atoms with van der Waals surface area (Å²) in [7, 11) is 0. The molecule has 25 heavy (non-hydrogen) atoms. The average molecular weight is 330 g/mol. The zero-order valence-corrected chi connectivity index (χ0v) is 14.3. The van der Waals surface area contributed by atoms with Gasteiger partial charge in [-0.1, -0.05) is 66.7 Å². The molecule has 0 saturated carbocycles. The minimum Gasteiger partial charge on any atom is -0.368 e. The maximum absolute atomic E-state index is 12.9. The quantitative estimate of drug-likeness (QED) is 0.907. The molecule has 0 atom stereocenters. The van der Waals surface area contributed by atoms with Crippen LogP contribution in [0.4, 0.5) is 0 Å². The first-order chi connectivity index (χ1) is 12.2. The minimum atomic E-state index is -1.03. The van der Waals surface area contributed by atoms with Gasteiger partial charge in [0.1, 0.15) is 5.41 Å². The normalized spacial score (nSPS) is 14.1. The highest BCUT2D eigenvalue weighted by molar-refractivity contribution is 5.95. The van der Waals surface area contributed by atoms with Gasteiger partial charge in [0.2, 0.25) is 5.91 Å². The molecule has 0 unspecified atom stereocenters. The van der Waals surface area contributed by atoms with E-state index in [0.29, 0.717) is 0 Å². The smallest absolute Gasteiger partial charge is 0.237 e. The van der Waals surface area contributed by atoms with Crippen LogP contribution < -0.4 is 5.73 Å². The summed E-state index contributed by atoms with van der Waals surface area (Å²) in [6, 6.07) is 19.5. The molecule has 2 N–H and O–H groups in total. The van der Waals surface area contributed by atoms with Crippen molar-refractivity contribution in [2.45, 2.75) is 12.3 Å². The van der Waals surface area contributed by atoms with Gasteiger partial charge >= 0.3 is 0 Å². The van der Waals surface area contributed by atoms with Crippen molar-refractivity contribution in [2.24, 2.45) is 5.73 Å². The summed E-state index contributed by atoms with van der Waals surface area (Å²) in [4.78, 5) is 15.0. The van der Waals surface area contributed by atoms with Crippen LogP contribution in [-0.2, 0) is 10.2 Å². The Hall–Kier alpha value is -3.07. The Kier molecular flexibility index (Phi) is 4.85. The van der Waals surface area contributed by atoms with Crippen molar-refractivity contribution in [1.82, 2.24) is 4.90 Å². The van der Waals surface area contributed by atoms with Gasteiger partial charge in [0, 0.05) is 18.9 Å². The summed E-state index contributed by atoms with van der Waals surface area (Å²) in [6.07, 6.45) is 9.89. The maximum atomic E-state index is 12.9. The zero-order chi connectivity index (χ0) is 17.7. The van der Waals surface area contributed by atoms with Crippen LogP contribution in [0.2, 0.25) is 0 Å². The van der Waals surface area contributed by atoms with E-state index in [0.717, 1.165) is 23.2 Å². The number of hydrogen-bond acceptors (Lipinski definition) is 2. The number of carbonyl (C=O) groups excluding carboxylic acids is 1. The molecule has 1 aliphatic rings. The maximum Gasteiger partial charge on any atom is 0.237 e. The van der Waals surface area contributed by atoms with E-state index in [9.17, 15) is 4.79 Å². The predicted octanol–water partition coefficient (Wildman–Crippen LogP) is 3.75. The van der Waals surface area contributed by atoms with E-state index in [2.05, 4.69) is 11.8 Å². The third-order valence-electron chi connectivity index (χ3n) is 4.58. The molecular weight excluding hydrogens is 308 g/mol. The van der Waals surface area contributed by atoms with Gasteiger partial charge in [0.15, 0.2) is 0 Å². The Morgan fingerprint density at radius 3 is 2.00 bits per heavy atom. The fourth-order valence-electron chi connectivity index (χ4n) is 3.30. The first-order valence-electron chi connectivity index (χ1n) is 8.43. The molecule has 0 aliphatic carbocycles. The molecule has 2 aromatic carbocycles. The first-order valence-corrected chi connectivity index (χ1v) is 8.43. The number of amides is 1. The van der Waals surface area contributed by atoms with Gasteiger partial charge < -0.3 is 10.6 Å². The Balaban J connectivity index is 2.28. The SMILES string of the molecule is CCN1C=CC=C(C(C(N)=O)(c2ccccc2)c2ccccc2)C=C1. The predicted molar refractivity (Wildman–Crippen MR) is 102 cm³/mol. The summed E-state index contributed by atoms with van der Waals surface area (Å²) >= 11 is 0. The standard InChI is InChI=1S/C22H22N2O/c1-2-24-16-9-14-20(15-17-24)22(21(23)25,18-10-5-3-6-11-18)19-12-7-4-8-13-19/h3-17H,2H2,1H3,(H2,23,25). The Morgan fingerprint density at radius 2 is 1.52 bits per heavy atom. The van der Waals surface area contributed by atoms with Crippen molar-refractivity contribution in [3.05, 3.63) is 108 Å². The van der Waals surface area contributed by atoms with Gasteiger partial charge in [0.05, 0.1) is 0 Å². The summed E-state index contributed by atoms with van der Waals surface area (Å²) in [6.45, 7) is 2.93. The molecule has 0 spiro atoms. The van der Waals surface area contributed by atoms with Crippen LogP contribution in [0.1, 0.15) is 18.1 Å². The van der Waals surface area contributed by atoms with Gasteiger partial charge in [-0.05, 0) is 35.8 Å². The van der Waals surface area contributed by atoms with Gasteiger partial charge in [-0.15, -0.1) is 0 Å². The number of primary amides is 1. The van der Waals surface area contributed by atoms with Crippen molar-refractivity contribution in [1.29, 1.82) is 0 Å². The van der Waals surface area contributed by atoms with Gasteiger partial charge in [-0.25, -0.2) is 0 Å². The van der Waals surface area contributed by atoms with E-state index in [-0.39, 0.29) is 5.91 Å². The number of allylic oxidation sites excluding steroid dienone is 3. The minimum absolute atomic E-state index is 0.390. The first kappa shape index (κ1) is 16.8. The summed E-state index contributed by atoms with van der Waals surface area (Å²) in [5.74, 6) is -0.390. The van der Waals surface area contributed by atoms with Crippen LogP contribution in [0.3, 0.4) is 0 Å². The van der Waals surface area contributed by atoms with Crippen LogP contribution in [0.15, 0.2) is 96.9 Å². The Bertz CT molecular complexity index is 780. The van der Waals surface area contributed by atoms with Crippen LogP contribution in [0.25, 0.3) is 0 Å². The fraction of sp³-hybridized carbons (Fsp3) is 0.136. The number of carbonyl (C=O) groups is 1. The van der Waals surface area contributed by atoms with E-state index in [1.807, 2.05) is 91.3 Å². The molecule has 0 saturated heterocycles. The molecule has 0 bridgehead atoms. The molecule has 0 aromatic heterocycles. The number of rotatable bonds is 5. The lowest BCUT2D eigenvalue weighted by Crippen LogP contribution is -2.43. The molecule has 0 fully saturated rings. The third kappa shape index (κ3) is 3.01. The second-order valence-electron chi connectivity index (χ2n) is 5.96. The van der Waals surface area contributed by atoms with E-state index < -0.39 is 5.41 Å². The summed E-state index contributed by atoms with van der Waals surface area (Å²) in [5, 5.41) is 0. The molecule has 3 rings (SSSR count). The van der Waals surface area contributed by atoms with Crippen LogP contribution in [0, 0.1) is 0 Å². The van der Waals surface area contributed by atoms with E-state index in [1.54, 1.807) is 0 Å². The molecule has 3 heteroatoms. The van der Waals surface area contributed by atoms with Crippen LogP contribution in [0.5, 0.6) is 0 Å². The lowest BCUT2D eigenvalue weighted by atomic mass is 9.68. The highest BCUT2D eigenvalue weighted by Gasteiger charge is 2.43. The molecule has 1 heterocycles. The molecule has 126 valence electrons. The van der Waals surface area contributed by atoms with E-state index in [1.165, 1.54) is 0 Å². The second kappa shape index (κ2) is 7.22. The third-order valence-corrected chi connectivity index (χ3v) is 4.58. The number of nitrogens with zero attached hydrogens (tertiary/aromatic N) is 1.